The first-order valence-electron chi connectivity index (χ1n) is 14.2. The first-order valence-corrected chi connectivity index (χ1v) is 14.2. The molecule has 0 aromatic heterocycles. The van der Waals surface area contributed by atoms with Gasteiger partial charge in [-0.2, -0.15) is 0 Å². The fraction of sp³-hybridized carbons (Fsp3) is 0.500. The summed E-state index contributed by atoms with van der Waals surface area (Å²) >= 11 is 0. The first kappa shape index (κ1) is 31.9. The predicted octanol–water partition coefficient (Wildman–Crippen LogP) is 6.13. The first-order chi connectivity index (χ1) is 18.7. The second kappa shape index (κ2) is 17.3. The Hall–Kier alpha value is -3.32. The van der Waals surface area contributed by atoms with Crippen LogP contribution in [0.1, 0.15) is 69.6 Å². The molecule has 2 aromatic rings. The van der Waals surface area contributed by atoms with Crippen molar-refractivity contribution in [2.24, 2.45) is 5.92 Å². The van der Waals surface area contributed by atoms with E-state index < -0.39 is 0 Å². The number of unbranched alkanes of at least 4 members (excludes halogenated alkanes) is 2. The molecule has 0 fully saturated rings. The summed E-state index contributed by atoms with van der Waals surface area (Å²) in [4.78, 5) is 26.9. The van der Waals surface area contributed by atoms with Crippen molar-refractivity contribution in [2.75, 3.05) is 31.6 Å². The number of hydrogen-bond acceptors (Lipinski definition) is 5. The third kappa shape index (κ3) is 12.4. The number of phenolic OH excluding ortho intramolecular Hbond substituents is 1. The van der Waals surface area contributed by atoms with Crippen LogP contribution in [0, 0.1) is 19.8 Å². The summed E-state index contributed by atoms with van der Waals surface area (Å²) in [6.07, 6.45) is 8.45. The van der Waals surface area contributed by atoms with E-state index >= 15 is 0 Å². The number of allylic oxidation sites excluding steroid dienone is 2. The van der Waals surface area contributed by atoms with Crippen LogP contribution in [0.15, 0.2) is 48.6 Å². The number of nitrogens with zero attached hydrogens (tertiary/aromatic N) is 1. The van der Waals surface area contributed by atoms with Gasteiger partial charge < -0.3 is 20.5 Å². The normalized spacial score (nSPS) is 11.4. The highest BCUT2D eigenvalue weighted by Gasteiger charge is 2.12. The quantitative estimate of drug-likeness (QED) is 0.167. The number of ether oxygens (including phenoxy) is 1. The van der Waals surface area contributed by atoms with Crippen molar-refractivity contribution in [1.29, 1.82) is 0 Å². The number of benzene rings is 2. The van der Waals surface area contributed by atoms with Gasteiger partial charge in [-0.05, 0) is 80.8 Å². The molecule has 0 atom stereocenters. The Morgan fingerprint density at radius 2 is 1.79 bits per heavy atom. The maximum atomic E-state index is 12.6. The number of likely N-dealkylation sites (N-methyl/N-ethyl adjacent to an activating group) is 1. The second-order valence-corrected chi connectivity index (χ2v) is 10.4. The average Bonchev–Trinajstić information content (AvgIpc) is 2.90. The molecule has 0 radical (unpaired) electrons. The summed E-state index contributed by atoms with van der Waals surface area (Å²) in [7, 11) is 0. The summed E-state index contributed by atoms with van der Waals surface area (Å²) in [5, 5.41) is 16.2. The Morgan fingerprint density at radius 3 is 2.49 bits per heavy atom. The number of anilines is 1. The number of rotatable bonds is 17. The SMILES string of the molecule is CCN(CCCOc1cc(CNC(=O)CCCCC=CC(C)C)ccc1O)CC(=O)Nc1c(C)cccc1C. The summed E-state index contributed by atoms with van der Waals surface area (Å²) < 4.78 is 5.83. The van der Waals surface area contributed by atoms with Crippen molar-refractivity contribution in [1.82, 2.24) is 10.2 Å². The lowest BCUT2D eigenvalue weighted by Gasteiger charge is -2.21. The van der Waals surface area contributed by atoms with E-state index in [2.05, 4.69) is 41.5 Å². The van der Waals surface area contributed by atoms with E-state index in [1.165, 1.54) is 0 Å². The molecule has 3 N–H and O–H groups in total. The summed E-state index contributed by atoms with van der Waals surface area (Å²) in [5.41, 5.74) is 3.84. The number of carbonyl (C=O) groups is 2. The van der Waals surface area contributed by atoms with Crippen LogP contribution in [0.25, 0.3) is 0 Å². The Kier molecular flexibility index (Phi) is 14.2. The minimum Gasteiger partial charge on any atom is -0.504 e. The smallest absolute Gasteiger partial charge is 0.238 e. The van der Waals surface area contributed by atoms with Gasteiger partial charge in [0.05, 0.1) is 13.2 Å². The second-order valence-electron chi connectivity index (χ2n) is 10.4. The molecule has 0 aliphatic heterocycles. The molecule has 7 heteroatoms. The largest absolute Gasteiger partial charge is 0.504 e. The van der Waals surface area contributed by atoms with E-state index in [0.29, 0.717) is 50.8 Å². The monoisotopic (exact) mass is 537 g/mol. The van der Waals surface area contributed by atoms with Gasteiger partial charge in [-0.25, -0.2) is 0 Å². The van der Waals surface area contributed by atoms with E-state index in [9.17, 15) is 14.7 Å². The van der Waals surface area contributed by atoms with Gasteiger partial charge in [-0.3, -0.25) is 14.5 Å². The van der Waals surface area contributed by atoms with Crippen LogP contribution in [-0.2, 0) is 16.1 Å². The highest BCUT2D eigenvalue weighted by Crippen LogP contribution is 2.27. The number of hydrogen-bond donors (Lipinski definition) is 3. The molecule has 0 heterocycles. The van der Waals surface area contributed by atoms with Crippen molar-refractivity contribution < 1.29 is 19.4 Å². The standard InChI is InChI=1S/C32H47N3O4/c1-6-35(23-31(38)34-32-25(4)14-11-15-26(32)5)19-12-20-39-29-21-27(17-18-28(29)36)22-33-30(37)16-10-8-7-9-13-24(2)3/h9,11,13-15,17-18,21,24,36H,6-8,10,12,16,19-20,22-23H2,1-5H3,(H,33,37)(H,34,38). The van der Waals surface area contributed by atoms with Crippen LogP contribution in [0.3, 0.4) is 0 Å². The van der Waals surface area contributed by atoms with Gasteiger partial charge in [0.2, 0.25) is 11.8 Å². The third-order valence-electron chi connectivity index (χ3n) is 6.50. The topological polar surface area (TPSA) is 90.9 Å². The van der Waals surface area contributed by atoms with Crippen LogP contribution in [0.5, 0.6) is 11.5 Å². The zero-order valence-corrected chi connectivity index (χ0v) is 24.4. The Morgan fingerprint density at radius 1 is 1.05 bits per heavy atom. The lowest BCUT2D eigenvalue weighted by molar-refractivity contribution is -0.121. The molecular weight excluding hydrogens is 490 g/mol. The van der Waals surface area contributed by atoms with Crippen LogP contribution < -0.4 is 15.4 Å². The molecule has 2 rings (SSSR count). The number of nitrogens with one attached hydrogen (secondary N) is 2. The van der Waals surface area contributed by atoms with Gasteiger partial charge in [0, 0.05) is 25.2 Å². The number of amides is 2. The Labute approximate surface area is 234 Å². The number of para-hydroxylation sites is 1. The van der Waals surface area contributed by atoms with Crippen LogP contribution in [-0.4, -0.2) is 48.1 Å². The Balaban J connectivity index is 1.72. The van der Waals surface area contributed by atoms with E-state index in [1.54, 1.807) is 18.2 Å². The molecule has 0 aliphatic rings. The maximum Gasteiger partial charge on any atom is 0.238 e. The molecule has 39 heavy (non-hydrogen) atoms. The van der Waals surface area contributed by atoms with Crippen LogP contribution >= 0.6 is 0 Å². The number of carbonyl (C=O) groups excluding carboxylic acids is 2. The Bertz CT molecular complexity index is 1060. The van der Waals surface area contributed by atoms with Crippen LogP contribution in [0.2, 0.25) is 0 Å². The van der Waals surface area contributed by atoms with Gasteiger partial charge in [0.25, 0.3) is 0 Å². The molecule has 0 spiro atoms. The highest BCUT2D eigenvalue weighted by molar-refractivity contribution is 5.93. The van der Waals surface area contributed by atoms with Crippen molar-refractivity contribution in [3.05, 3.63) is 65.2 Å². The lowest BCUT2D eigenvalue weighted by atomic mass is 10.1. The number of phenols is 1. The minimum absolute atomic E-state index is 0.0275. The molecule has 2 aromatic carbocycles. The minimum atomic E-state index is -0.0366. The molecule has 0 bridgehead atoms. The van der Waals surface area contributed by atoms with Gasteiger partial charge in [0.15, 0.2) is 11.5 Å². The zero-order valence-electron chi connectivity index (χ0n) is 24.4. The predicted molar refractivity (Wildman–Crippen MR) is 159 cm³/mol. The molecule has 0 saturated heterocycles. The van der Waals surface area contributed by atoms with Crippen molar-refractivity contribution in [3.63, 3.8) is 0 Å². The van der Waals surface area contributed by atoms with E-state index in [-0.39, 0.29) is 17.6 Å². The molecule has 214 valence electrons. The summed E-state index contributed by atoms with van der Waals surface area (Å²) in [6, 6.07) is 11.1. The average molecular weight is 538 g/mol. The lowest BCUT2D eigenvalue weighted by Crippen LogP contribution is -2.34. The number of aryl methyl sites for hydroxylation is 2. The fourth-order valence-corrected chi connectivity index (χ4v) is 4.20. The fourth-order valence-electron chi connectivity index (χ4n) is 4.20. The number of aromatic hydroxyl groups is 1. The van der Waals surface area contributed by atoms with E-state index in [1.807, 2.05) is 39.0 Å². The van der Waals surface area contributed by atoms with Crippen molar-refractivity contribution >= 4 is 17.5 Å². The van der Waals surface area contributed by atoms with Crippen LogP contribution in [0.4, 0.5) is 5.69 Å². The molecule has 0 unspecified atom stereocenters. The molecular formula is C32H47N3O4. The third-order valence-corrected chi connectivity index (χ3v) is 6.50. The van der Waals surface area contributed by atoms with Crippen molar-refractivity contribution in [2.45, 2.75) is 73.3 Å². The molecule has 7 nitrogen and oxygen atoms in total. The van der Waals surface area contributed by atoms with E-state index in [0.717, 1.165) is 48.2 Å². The zero-order chi connectivity index (χ0) is 28.6. The molecule has 0 aliphatic carbocycles. The van der Waals surface area contributed by atoms with Crippen molar-refractivity contribution in [3.8, 4) is 11.5 Å². The maximum absolute atomic E-state index is 12.6. The molecule has 2 amide bonds. The van der Waals surface area contributed by atoms with E-state index in [4.69, 9.17) is 4.74 Å². The molecule has 0 saturated carbocycles. The van der Waals surface area contributed by atoms with Gasteiger partial charge >= 0.3 is 0 Å². The summed E-state index contributed by atoms with van der Waals surface area (Å²) in [5.74, 6) is 1.02. The highest BCUT2D eigenvalue weighted by atomic mass is 16.5. The summed E-state index contributed by atoms with van der Waals surface area (Å²) in [6.45, 7) is 12.9. The van der Waals surface area contributed by atoms with Gasteiger partial charge in [-0.1, -0.05) is 57.2 Å². The van der Waals surface area contributed by atoms with Gasteiger partial charge in [0.1, 0.15) is 0 Å². The van der Waals surface area contributed by atoms with Gasteiger partial charge in [-0.15, -0.1) is 0 Å².